The fraction of sp³-hybridized carbons (Fsp3) is 0.630. The zero-order valence-electron chi connectivity index (χ0n) is 23.3. The third-order valence-electron chi connectivity index (χ3n) is 5.09. The molecule has 1 atom stereocenters. The van der Waals surface area contributed by atoms with E-state index in [1.165, 1.54) is 17.0 Å². The Hall–Kier alpha value is -3.21. The van der Waals surface area contributed by atoms with Crippen LogP contribution in [0, 0.1) is 5.82 Å². The maximum Gasteiger partial charge on any atom is 0.407 e. The molecule has 38 heavy (non-hydrogen) atoms. The molecule has 1 aromatic carbocycles. The highest BCUT2D eigenvalue weighted by Gasteiger charge is 2.25. The van der Waals surface area contributed by atoms with E-state index in [1.807, 2.05) is 0 Å². The molecule has 0 bridgehead atoms. The quantitative estimate of drug-likeness (QED) is 0.252. The summed E-state index contributed by atoms with van der Waals surface area (Å²) in [5.41, 5.74) is 4.72. The Morgan fingerprint density at radius 2 is 1.61 bits per heavy atom. The molecule has 0 aliphatic rings. The van der Waals surface area contributed by atoms with E-state index >= 15 is 0 Å². The number of halogens is 1. The molecule has 10 nitrogen and oxygen atoms in total. The minimum Gasteiger partial charge on any atom is -0.481 e. The van der Waals surface area contributed by atoms with Gasteiger partial charge in [-0.25, -0.2) is 14.0 Å². The molecule has 0 fully saturated rings. The molecule has 0 aliphatic heterocycles. The second kappa shape index (κ2) is 14.7. The van der Waals surface area contributed by atoms with Crippen LogP contribution in [0.2, 0.25) is 0 Å². The van der Waals surface area contributed by atoms with Gasteiger partial charge >= 0.3 is 18.0 Å². The van der Waals surface area contributed by atoms with Crippen LogP contribution < -0.4 is 11.1 Å². The number of nitrogens with two attached hydrogens (primary N) is 1. The molecule has 0 saturated carbocycles. The first-order valence-electron chi connectivity index (χ1n) is 12.7. The topological polar surface area (TPSA) is 148 Å². The van der Waals surface area contributed by atoms with E-state index in [9.17, 15) is 23.6 Å². The fourth-order valence-corrected chi connectivity index (χ4v) is 3.43. The van der Waals surface area contributed by atoms with E-state index < -0.39 is 53.4 Å². The summed E-state index contributed by atoms with van der Waals surface area (Å²) in [6.07, 6.45) is 1.64. The molecule has 1 unspecified atom stereocenters. The molecule has 0 spiro atoms. The Labute approximate surface area is 224 Å². The van der Waals surface area contributed by atoms with Crippen LogP contribution in [0.4, 0.5) is 9.18 Å². The Bertz CT molecular complexity index is 970. The minimum absolute atomic E-state index is 0.0887. The zero-order valence-corrected chi connectivity index (χ0v) is 23.3. The third kappa shape index (κ3) is 13.4. The van der Waals surface area contributed by atoms with E-state index in [0.29, 0.717) is 25.8 Å². The normalized spacial score (nSPS) is 12.4. The summed E-state index contributed by atoms with van der Waals surface area (Å²) in [4.78, 5) is 49.4. The second-order valence-corrected chi connectivity index (χ2v) is 11.1. The lowest BCUT2D eigenvalue weighted by molar-refractivity contribution is -0.142. The average Bonchev–Trinajstić information content (AvgIpc) is 2.75. The van der Waals surface area contributed by atoms with Crippen molar-refractivity contribution in [2.45, 2.75) is 97.4 Å². The largest absolute Gasteiger partial charge is 0.481 e. The lowest BCUT2D eigenvalue weighted by atomic mass is 10.1. The van der Waals surface area contributed by atoms with Gasteiger partial charge in [0.25, 0.3) is 0 Å². The van der Waals surface area contributed by atoms with Gasteiger partial charge in [-0.05, 0) is 72.6 Å². The first-order valence-corrected chi connectivity index (χ1v) is 12.7. The van der Waals surface area contributed by atoms with Gasteiger partial charge in [0.15, 0.2) is 0 Å². The van der Waals surface area contributed by atoms with Crippen molar-refractivity contribution in [2.24, 2.45) is 5.73 Å². The van der Waals surface area contributed by atoms with Gasteiger partial charge in [0.1, 0.15) is 17.0 Å². The lowest BCUT2D eigenvalue weighted by Crippen LogP contribution is -2.45. The number of nitrogens with zero attached hydrogens (tertiary/aromatic N) is 1. The molecular weight excluding hydrogens is 497 g/mol. The molecule has 0 heterocycles. The number of nitrogens with one attached hydrogen (secondary N) is 1. The van der Waals surface area contributed by atoms with Crippen LogP contribution in [0.5, 0.6) is 0 Å². The van der Waals surface area contributed by atoms with Crippen molar-refractivity contribution in [2.75, 3.05) is 13.1 Å². The van der Waals surface area contributed by atoms with Crippen molar-refractivity contribution in [3.05, 3.63) is 35.1 Å². The summed E-state index contributed by atoms with van der Waals surface area (Å²) in [6, 6.07) is 2.48. The second-order valence-electron chi connectivity index (χ2n) is 11.1. The number of amides is 2. The maximum atomic E-state index is 14.6. The SMILES string of the molecule is CC(C)(C)OC(=O)NCCCCCCN(Cc1cc(C(=O)OC(C)(C)C)ccc1F)C(=O)C(N)CC(=O)O. The van der Waals surface area contributed by atoms with Crippen molar-refractivity contribution in [1.29, 1.82) is 0 Å². The molecule has 1 aromatic rings. The summed E-state index contributed by atoms with van der Waals surface area (Å²) in [7, 11) is 0. The van der Waals surface area contributed by atoms with E-state index in [0.717, 1.165) is 12.5 Å². The van der Waals surface area contributed by atoms with Crippen molar-refractivity contribution >= 4 is 23.9 Å². The molecule has 0 saturated heterocycles. The van der Waals surface area contributed by atoms with Crippen LogP contribution >= 0.6 is 0 Å². The molecule has 4 N–H and O–H groups in total. The van der Waals surface area contributed by atoms with Crippen LogP contribution in [0.25, 0.3) is 0 Å². The van der Waals surface area contributed by atoms with E-state index in [2.05, 4.69) is 5.32 Å². The molecule has 214 valence electrons. The predicted octanol–water partition coefficient (Wildman–Crippen LogP) is 4.00. The highest BCUT2D eigenvalue weighted by Crippen LogP contribution is 2.18. The smallest absolute Gasteiger partial charge is 0.407 e. The number of carbonyl (C=O) groups excluding carboxylic acids is 3. The average molecular weight is 540 g/mol. The van der Waals surface area contributed by atoms with Gasteiger partial charge in [-0.3, -0.25) is 9.59 Å². The van der Waals surface area contributed by atoms with E-state index in [-0.39, 0.29) is 24.2 Å². The molecule has 0 radical (unpaired) electrons. The highest BCUT2D eigenvalue weighted by molar-refractivity contribution is 5.90. The third-order valence-corrected chi connectivity index (χ3v) is 5.09. The molecule has 1 rings (SSSR count). The maximum absolute atomic E-state index is 14.6. The van der Waals surface area contributed by atoms with Crippen molar-refractivity contribution in [1.82, 2.24) is 10.2 Å². The first kappa shape index (κ1) is 32.8. The highest BCUT2D eigenvalue weighted by atomic mass is 19.1. The number of carbonyl (C=O) groups is 4. The van der Waals surface area contributed by atoms with Crippen molar-refractivity contribution in [3.8, 4) is 0 Å². The van der Waals surface area contributed by atoms with Gasteiger partial charge in [0.05, 0.1) is 18.0 Å². The number of ether oxygens (including phenoxy) is 2. The Balaban J connectivity index is 2.81. The monoisotopic (exact) mass is 539 g/mol. The Morgan fingerprint density at radius 3 is 2.18 bits per heavy atom. The summed E-state index contributed by atoms with van der Waals surface area (Å²) in [5, 5.41) is 11.7. The van der Waals surface area contributed by atoms with Crippen LogP contribution in [0.15, 0.2) is 18.2 Å². The number of carboxylic acids is 1. The van der Waals surface area contributed by atoms with Gasteiger partial charge in [-0.1, -0.05) is 12.8 Å². The van der Waals surface area contributed by atoms with Crippen LogP contribution in [0.1, 0.15) is 89.6 Å². The standard InChI is InChI=1S/C27H42FN3O7/c1-26(2,3)37-24(35)18-11-12-20(28)19(15-18)17-31(23(34)21(29)16-22(32)33)14-10-8-7-9-13-30-25(36)38-27(4,5)6/h11-12,15,21H,7-10,13-14,16-17,29H2,1-6H3,(H,30,36)(H,32,33). The van der Waals surface area contributed by atoms with Crippen LogP contribution in [0.3, 0.4) is 0 Å². The number of aliphatic carboxylic acids is 1. The van der Waals surface area contributed by atoms with Gasteiger partial charge in [0.2, 0.25) is 5.91 Å². The summed E-state index contributed by atoms with van der Waals surface area (Å²) < 4.78 is 25.2. The number of esters is 1. The Kier molecular flexibility index (Phi) is 12.7. The number of hydrogen-bond donors (Lipinski definition) is 3. The van der Waals surface area contributed by atoms with Gasteiger partial charge < -0.3 is 30.5 Å². The fourth-order valence-electron chi connectivity index (χ4n) is 3.43. The molecule has 0 aromatic heterocycles. The molecule has 2 amide bonds. The number of rotatable bonds is 13. The van der Waals surface area contributed by atoms with Crippen LogP contribution in [-0.4, -0.2) is 64.3 Å². The van der Waals surface area contributed by atoms with Gasteiger partial charge in [-0.15, -0.1) is 0 Å². The predicted molar refractivity (Wildman–Crippen MR) is 140 cm³/mol. The lowest BCUT2D eigenvalue weighted by Gasteiger charge is -2.26. The van der Waals surface area contributed by atoms with E-state index in [1.54, 1.807) is 41.5 Å². The molecular formula is C27H42FN3O7. The van der Waals surface area contributed by atoms with Crippen molar-refractivity contribution < 1.29 is 38.1 Å². The first-order chi connectivity index (χ1) is 17.5. The number of benzene rings is 1. The zero-order chi connectivity index (χ0) is 29.1. The summed E-state index contributed by atoms with van der Waals surface area (Å²) in [6.45, 7) is 10.9. The summed E-state index contributed by atoms with van der Waals surface area (Å²) in [5.74, 6) is -3.09. The van der Waals surface area contributed by atoms with Crippen molar-refractivity contribution in [3.63, 3.8) is 0 Å². The molecule has 11 heteroatoms. The minimum atomic E-state index is -1.29. The summed E-state index contributed by atoms with van der Waals surface area (Å²) >= 11 is 0. The number of alkyl carbamates (subject to hydrolysis) is 1. The Morgan fingerprint density at radius 1 is 1.00 bits per heavy atom. The van der Waals surface area contributed by atoms with Crippen LogP contribution in [-0.2, 0) is 25.6 Å². The number of hydrogen-bond acceptors (Lipinski definition) is 7. The number of carboxylic acid groups (broad SMARTS) is 1. The van der Waals surface area contributed by atoms with Gasteiger partial charge in [0, 0.05) is 25.2 Å². The number of unbranched alkanes of at least 4 members (excludes halogenated alkanes) is 3. The molecule has 0 aliphatic carbocycles. The van der Waals surface area contributed by atoms with Gasteiger partial charge in [-0.2, -0.15) is 0 Å². The van der Waals surface area contributed by atoms with E-state index in [4.69, 9.17) is 20.3 Å².